The van der Waals surface area contributed by atoms with Crippen LogP contribution in [-0.2, 0) is 7.05 Å². The van der Waals surface area contributed by atoms with E-state index in [1.807, 2.05) is 61.5 Å². The Morgan fingerprint density at radius 1 is 0.933 bits per heavy atom. The summed E-state index contributed by atoms with van der Waals surface area (Å²) in [5, 5.41) is 2.78. The normalized spacial score (nSPS) is 10.8. The fourth-order valence-corrected chi connectivity index (χ4v) is 3.37. The van der Waals surface area contributed by atoms with Gasteiger partial charge in [-0.1, -0.05) is 48.0 Å². The third kappa shape index (κ3) is 3.55. The molecule has 0 saturated carbocycles. The molecule has 2 aromatic carbocycles. The standard InChI is InChI=1S/C24H22N4O2/c1-16-9-11-18(12-10-16)19-13-20(15-25-14-19)23(29)26-22-17(2)27(3)28(24(22)30)21-7-5-4-6-8-21/h4-15H,1-3H3,(H,26,29). The van der Waals surface area contributed by atoms with E-state index in [1.165, 1.54) is 10.9 Å². The van der Waals surface area contributed by atoms with Gasteiger partial charge in [-0.05, 0) is 37.6 Å². The highest BCUT2D eigenvalue weighted by Crippen LogP contribution is 2.21. The number of aryl methyl sites for hydroxylation is 1. The van der Waals surface area contributed by atoms with E-state index < -0.39 is 0 Å². The Morgan fingerprint density at radius 3 is 2.33 bits per heavy atom. The van der Waals surface area contributed by atoms with Crippen LogP contribution in [0.15, 0.2) is 77.9 Å². The van der Waals surface area contributed by atoms with Crippen LogP contribution in [0.2, 0.25) is 0 Å². The summed E-state index contributed by atoms with van der Waals surface area (Å²) in [5.41, 5.74) is 4.75. The van der Waals surface area contributed by atoms with Crippen molar-refractivity contribution in [3.63, 3.8) is 0 Å². The minimum Gasteiger partial charge on any atom is -0.316 e. The SMILES string of the molecule is Cc1ccc(-c2cncc(C(=O)Nc3c(C)n(C)n(-c4ccccc4)c3=O)c2)cc1. The smallest absolute Gasteiger partial charge is 0.295 e. The van der Waals surface area contributed by atoms with Crippen molar-refractivity contribution in [1.82, 2.24) is 14.3 Å². The van der Waals surface area contributed by atoms with Gasteiger partial charge in [0.2, 0.25) is 0 Å². The number of carbonyl (C=O) groups is 1. The molecule has 2 heterocycles. The van der Waals surface area contributed by atoms with Crippen LogP contribution in [0.5, 0.6) is 0 Å². The summed E-state index contributed by atoms with van der Waals surface area (Å²) in [7, 11) is 1.79. The van der Waals surface area contributed by atoms with Gasteiger partial charge in [0.15, 0.2) is 0 Å². The van der Waals surface area contributed by atoms with Crippen LogP contribution in [-0.4, -0.2) is 20.3 Å². The van der Waals surface area contributed by atoms with Crippen LogP contribution in [0.3, 0.4) is 0 Å². The molecule has 4 rings (SSSR count). The number of nitrogens with zero attached hydrogens (tertiary/aromatic N) is 3. The molecule has 0 bridgehead atoms. The van der Waals surface area contributed by atoms with E-state index in [2.05, 4.69) is 10.3 Å². The van der Waals surface area contributed by atoms with E-state index in [9.17, 15) is 9.59 Å². The zero-order chi connectivity index (χ0) is 21.3. The minimum atomic E-state index is -0.373. The number of pyridine rings is 1. The molecule has 1 amide bonds. The van der Waals surface area contributed by atoms with Crippen LogP contribution < -0.4 is 10.9 Å². The van der Waals surface area contributed by atoms with E-state index in [4.69, 9.17) is 0 Å². The molecule has 4 aromatic rings. The summed E-state index contributed by atoms with van der Waals surface area (Å²) >= 11 is 0. The van der Waals surface area contributed by atoms with Gasteiger partial charge in [0, 0.05) is 25.0 Å². The maximum absolute atomic E-state index is 13.0. The summed E-state index contributed by atoms with van der Waals surface area (Å²) in [6, 6.07) is 19.1. The van der Waals surface area contributed by atoms with Gasteiger partial charge in [-0.25, -0.2) is 4.68 Å². The lowest BCUT2D eigenvalue weighted by Gasteiger charge is -2.07. The number of anilines is 1. The van der Waals surface area contributed by atoms with E-state index in [0.29, 0.717) is 11.3 Å². The van der Waals surface area contributed by atoms with Gasteiger partial charge in [0.1, 0.15) is 5.69 Å². The van der Waals surface area contributed by atoms with Crippen LogP contribution in [0, 0.1) is 13.8 Å². The van der Waals surface area contributed by atoms with Crippen molar-refractivity contribution < 1.29 is 4.79 Å². The second kappa shape index (κ2) is 7.83. The number of carbonyl (C=O) groups excluding carboxylic acids is 1. The first-order valence-corrected chi connectivity index (χ1v) is 9.63. The quantitative estimate of drug-likeness (QED) is 0.563. The average molecular weight is 398 g/mol. The van der Waals surface area contributed by atoms with Gasteiger partial charge in [0.25, 0.3) is 11.5 Å². The Bertz CT molecular complexity index is 1270. The number of para-hydroxylation sites is 1. The molecule has 0 aliphatic heterocycles. The number of benzene rings is 2. The molecule has 1 N–H and O–H groups in total. The first-order valence-electron chi connectivity index (χ1n) is 9.63. The fourth-order valence-electron chi connectivity index (χ4n) is 3.37. The molecular weight excluding hydrogens is 376 g/mol. The van der Waals surface area contributed by atoms with E-state index in [0.717, 1.165) is 22.4 Å². The van der Waals surface area contributed by atoms with Gasteiger partial charge in [-0.3, -0.25) is 19.3 Å². The van der Waals surface area contributed by atoms with Gasteiger partial charge in [-0.15, -0.1) is 0 Å². The molecule has 150 valence electrons. The summed E-state index contributed by atoms with van der Waals surface area (Å²) < 4.78 is 3.26. The lowest BCUT2D eigenvalue weighted by atomic mass is 10.0. The average Bonchev–Trinajstić information content (AvgIpc) is 2.98. The largest absolute Gasteiger partial charge is 0.316 e. The fraction of sp³-hybridized carbons (Fsp3) is 0.125. The number of hydrogen-bond acceptors (Lipinski definition) is 3. The van der Waals surface area contributed by atoms with Crippen molar-refractivity contribution in [2.75, 3.05) is 5.32 Å². The van der Waals surface area contributed by atoms with Crippen LogP contribution in [0.4, 0.5) is 5.69 Å². The lowest BCUT2D eigenvalue weighted by molar-refractivity contribution is 0.102. The Balaban J connectivity index is 1.66. The lowest BCUT2D eigenvalue weighted by Crippen LogP contribution is -2.23. The second-order valence-electron chi connectivity index (χ2n) is 7.22. The molecule has 30 heavy (non-hydrogen) atoms. The number of aromatic nitrogens is 3. The summed E-state index contributed by atoms with van der Waals surface area (Å²) in [6.07, 6.45) is 3.22. The number of amides is 1. The third-order valence-corrected chi connectivity index (χ3v) is 5.18. The van der Waals surface area contributed by atoms with Crippen molar-refractivity contribution in [2.24, 2.45) is 7.05 Å². The first-order chi connectivity index (χ1) is 14.5. The molecule has 0 spiro atoms. The molecule has 6 heteroatoms. The molecule has 0 aliphatic carbocycles. The van der Waals surface area contributed by atoms with E-state index in [-0.39, 0.29) is 17.2 Å². The Morgan fingerprint density at radius 2 is 1.63 bits per heavy atom. The molecule has 0 unspecified atom stereocenters. The van der Waals surface area contributed by atoms with Gasteiger partial charge >= 0.3 is 0 Å². The van der Waals surface area contributed by atoms with Crippen LogP contribution in [0.25, 0.3) is 16.8 Å². The van der Waals surface area contributed by atoms with Crippen molar-refractivity contribution in [3.8, 4) is 16.8 Å². The highest BCUT2D eigenvalue weighted by atomic mass is 16.2. The van der Waals surface area contributed by atoms with E-state index in [1.54, 1.807) is 30.9 Å². The maximum Gasteiger partial charge on any atom is 0.295 e. The molecular formula is C24H22N4O2. The highest BCUT2D eigenvalue weighted by Gasteiger charge is 2.19. The zero-order valence-corrected chi connectivity index (χ0v) is 17.1. The topological polar surface area (TPSA) is 68.9 Å². The summed E-state index contributed by atoms with van der Waals surface area (Å²) in [4.78, 5) is 30.1. The highest BCUT2D eigenvalue weighted by molar-refractivity contribution is 6.05. The first kappa shape index (κ1) is 19.4. The van der Waals surface area contributed by atoms with Crippen LogP contribution >= 0.6 is 0 Å². The molecule has 0 radical (unpaired) electrons. The Labute approximate surface area is 174 Å². The van der Waals surface area contributed by atoms with Crippen molar-refractivity contribution in [2.45, 2.75) is 13.8 Å². The zero-order valence-electron chi connectivity index (χ0n) is 17.1. The molecule has 0 aliphatic rings. The molecule has 0 fully saturated rings. The number of nitrogens with one attached hydrogen (secondary N) is 1. The predicted molar refractivity (Wildman–Crippen MR) is 118 cm³/mol. The molecule has 6 nitrogen and oxygen atoms in total. The van der Waals surface area contributed by atoms with Crippen molar-refractivity contribution >= 4 is 11.6 Å². The van der Waals surface area contributed by atoms with Gasteiger partial charge in [-0.2, -0.15) is 0 Å². The Kier molecular flexibility index (Phi) is 5.06. The monoisotopic (exact) mass is 398 g/mol. The van der Waals surface area contributed by atoms with Crippen molar-refractivity contribution in [1.29, 1.82) is 0 Å². The van der Waals surface area contributed by atoms with Crippen LogP contribution in [0.1, 0.15) is 21.6 Å². The van der Waals surface area contributed by atoms with E-state index >= 15 is 0 Å². The molecule has 2 aromatic heterocycles. The molecule has 0 atom stereocenters. The third-order valence-electron chi connectivity index (χ3n) is 5.18. The van der Waals surface area contributed by atoms with Crippen molar-refractivity contribution in [3.05, 3.63) is 100 Å². The maximum atomic E-state index is 13.0. The summed E-state index contributed by atoms with van der Waals surface area (Å²) in [5.74, 6) is -0.373. The summed E-state index contributed by atoms with van der Waals surface area (Å²) in [6.45, 7) is 3.83. The second-order valence-corrected chi connectivity index (χ2v) is 7.22. The molecule has 0 saturated heterocycles. The number of hydrogen-bond donors (Lipinski definition) is 1. The Hall–Kier alpha value is -3.93. The van der Waals surface area contributed by atoms with Gasteiger partial charge < -0.3 is 5.32 Å². The predicted octanol–water partition coefficient (Wildman–Crippen LogP) is 4.11. The minimum absolute atomic E-state index is 0.257. The number of rotatable bonds is 4. The van der Waals surface area contributed by atoms with Gasteiger partial charge in [0.05, 0.1) is 16.9 Å².